The summed E-state index contributed by atoms with van der Waals surface area (Å²) < 4.78 is 0.987. The van der Waals surface area contributed by atoms with Crippen LogP contribution in [-0.4, -0.2) is 12.8 Å². The molecule has 0 N–H and O–H groups in total. The van der Waals surface area contributed by atoms with E-state index in [-0.39, 0.29) is 5.78 Å². The Balaban J connectivity index is 2.31. The van der Waals surface area contributed by atoms with Crippen molar-refractivity contribution < 1.29 is 4.79 Å². The van der Waals surface area contributed by atoms with E-state index in [0.717, 1.165) is 22.3 Å². The third-order valence-corrected chi connectivity index (χ3v) is 4.08. The van der Waals surface area contributed by atoms with Crippen LogP contribution < -0.4 is 4.90 Å². The first-order chi connectivity index (χ1) is 8.58. The summed E-state index contributed by atoms with van der Waals surface area (Å²) in [5, 5.41) is 2.07. The molecule has 2 nitrogen and oxygen atoms in total. The molecule has 0 spiro atoms. The largest absolute Gasteiger partial charge is 0.369 e. The van der Waals surface area contributed by atoms with Gasteiger partial charge in [-0.25, -0.2) is 0 Å². The Hall–Kier alpha value is -1.13. The van der Waals surface area contributed by atoms with Gasteiger partial charge in [0.15, 0.2) is 5.78 Å². The highest BCUT2D eigenvalue weighted by Crippen LogP contribution is 2.26. The van der Waals surface area contributed by atoms with Crippen molar-refractivity contribution in [2.45, 2.75) is 13.5 Å². The van der Waals surface area contributed by atoms with Crippen LogP contribution in [0.4, 0.5) is 5.69 Å². The second-order valence-corrected chi connectivity index (χ2v) is 6.10. The average molecular weight is 324 g/mol. The summed E-state index contributed by atoms with van der Waals surface area (Å²) in [7, 11) is 2.01. The second-order valence-electron chi connectivity index (χ2n) is 4.15. The van der Waals surface area contributed by atoms with Gasteiger partial charge in [-0.1, -0.05) is 22.0 Å². The van der Waals surface area contributed by atoms with Crippen molar-refractivity contribution in [3.8, 4) is 0 Å². The van der Waals surface area contributed by atoms with Crippen molar-refractivity contribution >= 4 is 38.7 Å². The van der Waals surface area contributed by atoms with Crippen LogP contribution in [0.2, 0.25) is 0 Å². The maximum Gasteiger partial charge on any atom is 0.161 e. The Bertz CT molecular complexity index is 551. The molecule has 0 aliphatic heterocycles. The van der Waals surface area contributed by atoms with Crippen LogP contribution in [0.3, 0.4) is 0 Å². The summed E-state index contributed by atoms with van der Waals surface area (Å²) in [4.78, 5) is 15.0. The molecule has 0 aliphatic carbocycles. The zero-order valence-electron chi connectivity index (χ0n) is 10.3. The van der Waals surface area contributed by atoms with E-state index in [9.17, 15) is 4.79 Å². The number of ketones is 1. The van der Waals surface area contributed by atoms with Crippen LogP contribution in [0.1, 0.15) is 22.2 Å². The molecule has 0 fully saturated rings. The molecule has 18 heavy (non-hydrogen) atoms. The normalized spacial score (nSPS) is 10.4. The van der Waals surface area contributed by atoms with Gasteiger partial charge in [0.1, 0.15) is 0 Å². The fourth-order valence-electron chi connectivity index (χ4n) is 1.84. The minimum atomic E-state index is 0.0931. The van der Waals surface area contributed by atoms with E-state index in [1.165, 1.54) is 4.88 Å². The summed E-state index contributed by atoms with van der Waals surface area (Å²) in [5.41, 5.74) is 1.72. The Labute approximate surface area is 119 Å². The quantitative estimate of drug-likeness (QED) is 0.779. The van der Waals surface area contributed by atoms with Crippen LogP contribution >= 0.6 is 27.3 Å². The highest BCUT2D eigenvalue weighted by atomic mass is 79.9. The molecule has 0 bridgehead atoms. The number of thiophene rings is 1. The molecule has 94 valence electrons. The number of rotatable bonds is 4. The van der Waals surface area contributed by atoms with E-state index < -0.39 is 0 Å². The van der Waals surface area contributed by atoms with E-state index in [0.29, 0.717) is 0 Å². The number of nitrogens with zero attached hydrogens (tertiary/aromatic N) is 1. The zero-order valence-corrected chi connectivity index (χ0v) is 12.7. The number of benzene rings is 1. The number of Topliss-reactive ketones (excluding diaryl/α,β-unsaturated/α-hetero) is 1. The molecule has 0 atom stereocenters. The van der Waals surface area contributed by atoms with Gasteiger partial charge in [0.05, 0.1) is 6.54 Å². The summed E-state index contributed by atoms with van der Waals surface area (Å²) in [6, 6.07) is 9.91. The summed E-state index contributed by atoms with van der Waals surface area (Å²) in [5.74, 6) is 0.0931. The van der Waals surface area contributed by atoms with Gasteiger partial charge in [-0.2, -0.15) is 0 Å². The highest BCUT2D eigenvalue weighted by molar-refractivity contribution is 9.10. The monoisotopic (exact) mass is 323 g/mol. The lowest BCUT2D eigenvalue weighted by atomic mass is 10.1. The molecule has 2 rings (SSSR count). The minimum Gasteiger partial charge on any atom is -0.369 e. The van der Waals surface area contributed by atoms with Crippen molar-refractivity contribution in [2.24, 2.45) is 0 Å². The third-order valence-electron chi connectivity index (χ3n) is 2.72. The molecule has 1 heterocycles. The molecule has 4 heteroatoms. The van der Waals surface area contributed by atoms with Gasteiger partial charge in [0.2, 0.25) is 0 Å². The van der Waals surface area contributed by atoms with Crippen molar-refractivity contribution in [1.29, 1.82) is 0 Å². The van der Waals surface area contributed by atoms with Gasteiger partial charge in [-0.15, -0.1) is 11.3 Å². The van der Waals surface area contributed by atoms with E-state index in [1.807, 2.05) is 31.3 Å². The molecule has 0 saturated heterocycles. The van der Waals surface area contributed by atoms with Crippen molar-refractivity contribution in [2.75, 3.05) is 11.9 Å². The molecule has 0 aliphatic rings. The molecule has 0 amide bonds. The van der Waals surface area contributed by atoms with Gasteiger partial charge in [0, 0.05) is 27.6 Å². The summed E-state index contributed by atoms with van der Waals surface area (Å²) in [6.07, 6.45) is 0. The van der Waals surface area contributed by atoms with Gasteiger partial charge < -0.3 is 4.90 Å². The SMILES string of the molecule is CC(=O)c1ccc(Br)cc1N(C)Cc1cccs1. The van der Waals surface area contributed by atoms with Crippen LogP contribution in [0.25, 0.3) is 0 Å². The minimum absolute atomic E-state index is 0.0931. The Kier molecular flexibility index (Phi) is 4.19. The molecular weight excluding hydrogens is 310 g/mol. The lowest BCUT2D eigenvalue weighted by Gasteiger charge is -2.21. The lowest BCUT2D eigenvalue weighted by Crippen LogP contribution is -2.18. The fraction of sp³-hybridized carbons (Fsp3) is 0.214. The lowest BCUT2D eigenvalue weighted by molar-refractivity contribution is 0.101. The van der Waals surface area contributed by atoms with Gasteiger partial charge in [-0.05, 0) is 36.6 Å². The smallest absolute Gasteiger partial charge is 0.161 e. The van der Waals surface area contributed by atoms with E-state index in [1.54, 1.807) is 18.3 Å². The van der Waals surface area contributed by atoms with Gasteiger partial charge in [-0.3, -0.25) is 4.79 Å². The first-order valence-electron chi connectivity index (χ1n) is 5.62. The van der Waals surface area contributed by atoms with E-state index in [2.05, 4.69) is 32.3 Å². The summed E-state index contributed by atoms with van der Waals surface area (Å²) >= 11 is 5.18. The number of hydrogen-bond donors (Lipinski definition) is 0. The molecule has 2 aromatic rings. The second kappa shape index (κ2) is 5.67. The number of anilines is 1. The predicted octanol–water partition coefficient (Wildman–Crippen LogP) is 4.35. The Morgan fingerprint density at radius 3 is 2.78 bits per heavy atom. The molecule has 1 aromatic heterocycles. The number of carbonyl (C=O) groups excluding carboxylic acids is 1. The predicted molar refractivity (Wildman–Crippen MR) is 80.6 cm³/mol. The Morgan fingerprint density at radius 2 is 2.17 bits per heavy atom. The topological polar surface area (TPSA) is 20.3 Å². The van der Waals surface area contributed by atoms with Gasteiger partial charge in [0.25, 0.3) is 0 Å². The first kappa shape index (κ1) is 13.3. The maximum absolute atomic E-state index is 11.6. The van der Waals surface area contributed by atoms with E-state index >= 15 is 0 Å². The van der Waals surface area contributed by atoms with Gasteiger partial charge >= 0.3 is 0 Å². The van der Waals surface area contributed by atoms with Crippen molar-refractivity contribution in [3.63, 3.8) is 0 Å². The first-order valence-corrected chi connectivity index (χ1v) is 7.29. The van der Waals surface area contributed by atoms with Crippen LogP contribution in [0.15, 0.2) is 40.2 Å². The molecule has 0 saturated carbocycles. The standard InChI is InChI=1S/C14H14BrNOS/c1-10(17)13-6-5-11(15)8-14(13)16(2)9-12-4-3-7-18-12/h3-8H,9H2,1-2H3. The van der Waals surface area contributed by atoms with Crippen LogP contribution in [0.5, 0.6) is 0 Å². The molecule has 0 unspecified atom stereocenters. The summed E-state index contributed by atoms with van der Waals surface area (Å²) in [6.45, 7) is 2.42. The average Bonchev–Trinajstić information content (AvgIpc) is 2.81. The number of halogens is 1. The number of carbonyl (C=O) groups is 1. The highest BCUT2D eigenvalue weighted by Gasteiger charge is 2.12. The number of hydrogen-bond acceptors (Lipinski definition) is 3. The Morgan fingerprint density at radius 1 is 1.39 bits per heavy atom. The van der Waals surface area contributed by atoms with Crippen molar-refractivity contribution in [3.05, 3.63) is 50.6 Å². The van der Waals surface area contributed by atoms with Crippen molar-refractivity contribution in [1.82, 2.24) is 0 Å². The zero-order chi connectivity index (χ0) is 13.1. The van der Waals surface area contributed by atoms with Crippen LogP contribution in [0, 0.1) is 0 Å². The molecule has 0 radical (unpaired) electrons. The molecule has 1 aromatic carbocycles. The maximum atomic E-state index is 11.6. The van der Waals surface area contributed by atoms with E-state index in [4.69, 9.17) is 0 Å². The fourth-order valence-corrected chi connectivity index (χ4v) is 2.95. The molecular formula is C14H14BrNOS. The third kappa shape index (κ3) is 3.00. The van der Waals surface area contributed by atoms with Crippen LogP contribution in [-0.2, 0) is 6.54 Å².